The summed E-state index contributed by atoms with van der Waals surface area (Å²) in [6.07, 6.45) is -0.201. The van der Waals surface area contributed by atoms with Crippen molar-refractivity contribution in [2.75, 3.05) is 6.16 Å². The molecule has 0 fully saturated rings. The van der Waals surface area contributed by atoms with Crippen LogP contribution in [0.3, 0.4) is 0 Å². The Bertz CT molecular complexity index is 772. The van der Waals surface area contributed by atoms with Crippen LogP contribution in [0.1, 0.15) is 27.6 Å². The highest BCUT2D eigenvalue weighted by molar-refractivity contribution is 7.95. The van der Waals surface area contributed by atoms with Crippen LogP contribution in [0.4, 0.5) is 0 Å². The largest absolute Gasteiger partial charge is 0.307 e. The van der Waals surface area contributed by atoms with Crippen LogP contribution < -0.4 is 0 Å². The molecule has 2 aromatic carbocycles. The first kappa shape index (κ1) is 19.5. The molecule has 0 heterocycles. The number of hydrogen-bond donors (Lipinski definition) is 0. The Balaban J connectivity index is 2.62. The van der Waals surface area contributed by atoms with Gasteiger partial charge in [0.1, 0.15) is 0 Å². The van der Waals surface area contributed by atoms with Crippen LogP contribution >= 0.6 is 53.5 Å². The number of halogens is 4. The molecular weight excluding hydrogens is 413 g/mol. The van der Waals surface area contributed by atoms with Gasteiger partial charge < -0.3 is 4.57 Å². The van der Waals surface area contributed by atoms with Crippen LogP contribution in [-0.2, 0) is 4.57 Å². The molecule has 0 N–H and O–H groups in total. The van der Waals surface area contributed by atoms with E-state index in [-0.39, 0.29) is 37.4 Å². The quantitative estimate of drug-likeness (QED) is 0.505. The van der Waals surface area contributed by atoms with Crippen molar-refractivity contribution in [3.8, 4) is 0 Å². The van der Waals surface area contributed by atoms with Gasteiger partial charge in [-0.25, -0.2) is 0 Å². The third-order valence-electron chi connectivity index (χ3n) is 3.45. The highest BCUT2D eigenvalue weighted by Gasteiger charge is 2.42. The lowest BCUT2D eigenvalue weighted by Gasteiger charge is -2.17. The van der Waals surface area contributed by atoms with Crippen LogP contribution in [-0.4, -0.2) is 17.2 Å². The van der Waals surface area contributed by atoms with E-state index in [4.69, 9.17) is 46.4 Å². The molecular formula is C16H11Cl4O3P. The normalized spacial score (nSPS) is 11.4. The first-order valence-corrected chi connectivity index (χ1v) is 10.2. The van der Waals surface area contributed by atoms with Crippen LogP contribution in [0.5, 0.6) is 0 Å². The molecule has 2 rings (SSSR count). The summed E-state index contributed by atoms with van der Waals surface area (Å²) in [4.78, 5) is 25.7. The Hall–Kier alpha value is -0.830. The zero-order valence-corrected chi connectivity index (χ0v) is 16.3. The number of rotatable bonds is 5. The van der Waals surface area contributed by atoms with E-state index in [2.05, 4.69) is 0 Å². The summed E-state index contributed by atoms with van der Waals surface area (Å²) in [5.74, 6) is 0. The predicted octanol–water partition coefficient (Wildman–Crippen LogP) is 6.66. The Labute approximate surface area is 159 Å². The zero-order chi connectivity index (χ0) is 18.1. The zero-order valence-electron chi connectivity index (χ0n) is 12.4. The monoisotopic (exact) mass is 422 g/mol. The molecule has 126 valence electrons. The van der Waals surface area contributed by atoms with Gasteiger partial charge in [-0.2, -0.15) is 0 Å². The molecule has 0 aliphatic rings. The molecule has 0 saturated heterocycles. The van der Waals surface area contributed by atoms with Gasteiger partial charge in [-0.3, -0.25) is 9.59 Å². The van der Waals surface area contributed by atoms with Crippen molar-refractivity contribution in [2.45, 2.75) is 6.92 Å². The fourth-order valence-electron chi connectivity index (χ4n) is 2.14. The smallest absolute Gasteiger partial charge is 0.231 e. The first-order chi connectivity index (χ1) is 11.2. The molecule has 0 radical (unpaired) electrons. The molecule has 0 bridgehead atoms. The second kappa shape index (κ2) is 7.59. The number of carbonyl (C=O) groups is 2. The number of benzene rings is 2. The summed E-state index contributed by atoms with van der Waals surface area (Å²) < 4.78 is 13.3. The van der Waals surface area contributed by atoms with Crippen LogP contribution in [0.2, 0.25) is 20.1 Å². The van der Waals surface area contributed by atoms with Gasteiger partial charge in [0.25, 0.3) is 0 Å². The van der Waals surface area contributed by atoms with Gasteiger partial charge in [0.15, 0.2) is 0 Å². The summed E-state index contributed by atoms with van der Waals surface area (Å²) in [5.41, 5.74) is -2.08. The maximum absolute atomic E-state index is 13.3. The maximum Gasteiger partial charge on any atom is 0.231 e. The molecule has 0 atom stereocenters. The molecule has 3 nitrogen and oxygen atoms in total. The molecule has 0 aliphatic carbocycles. The molecule has 0 aliphatic heterocycles. The lowest BCUT2D eigenvalue weighted by molar-refractivity contribution is 0.103. The Morgan fingerprint density at radius 2 is 1.08 bits per heavy atom. The van der Waals surface area contributed by atoms with E-state index in [9.17, 15) is 14.2 Å². The van der Waals surface area contributed by atoms with Crippen molar-refractivity contribution >= 4 is 64.6 Å². The van der Waals surface area contributed by atoms with Crippen molar-refractivity contribution in [2.24, 2.45) is 0 Å². The summed E-state index contributed by atoms with van der Waals surface area (Å²) in [7, 11) is -4.05. The van der Waals surface area contributed by atoms with Crippen LogP contribution in [0.25, 0.3) is 0 Å². The van der Waals surface area contributed by atoms with E-state index < -0.39 is 18.2 Å². The maximum atomic E-state index is 13.3. The van der Waals surface area contributed by atoms with Gasteiger partial charge >= 0.3 is 0 Å². The minimum Gasteiger partial charge on any atom is -0.307 e. The van der Waals surface area contributed by atoms with Gasteiger partial charge in [0.05, 0.1) is 31.2 Å². The molecule has 0 aromatic heterocycles. The van der Waals surface area contributed by atoms with Crippen molar-refractivity contribution in [1.29, 1.82) is 0 Å². The van der Waals surface area contributed by atoms with Gasteiger partial charge in [-0.15, -0.1) is 0 Å². The van der Waals surface area contributed by atoms with Gasteiger partial charge in [0, 0.05) is 6.16 Å². The molecule has 0 spiro atoms. The van der Waals surface area contributed by atoms with Crippen molar-refractivity contribution < 1.29 is 14.2 Å². The second-order valence-electron chi connectivity index (χ2n) is 4.86. The summed E-state index contributed by atoms with van der Waals surface area (Å²) in [6, 6.07) is 8.85. The Kier molecular flexibility index (Phi) is 6.17. The summed E-state index contributed by atoms with van der Waals surface area (Å²) in [6.45, 7) is 1.48. The molecule has 0 amide bonds. The standard InChI is InChI=1S/C16H11Cl4O3P/c1-2-24(23,15(21)13-9(17)5-3-6-10(13)18)16(22)14-11(19)7-4-8-12(14)20/h3-8H,2H2,1H3. The van der Waals surface area contributed by atoms with Crippen molar-refractivity contribution in [3.05, 3.63) is 67.6 Å². The predicted molar refractivity (Wildman–Crippen MR) is 99.7 cm³/mol. The Morgan fingerprint density at radius 3 is 1.33 bits per heavy atom. The minimum absolute atomic E-state index is 0.0271. The SMILES string of the molecule is CCP(=O)(C(=O)c1c(Cl)cccc1Cl)C(=O)c1c(Cl)cccc1Cl. The van der Waals surface area contributed by atoms with Crippen molar-refractivity contribution in [1.82, 2.24) is 0 Å². The van der Waals surface area contributed by atoms with E-state index in [1.165, 1.54) is 31.2 Å². The van der Waals surface area contributed by atoms with E-state index in [1.54, 1.807) is 12.1 Å². The molecule has 0 saturated carbocycles. The highest BCUT2D eigenvalue weighted by atomic mass is 35.5. The fourth-order valence-corrected chi connectivity index (χ4v) is 5.51. The molecule has 8 heteroatoms. The number of carbonyl (C=O) groups excluding carboxylic acids is 2. The lowest BCUT2D eigenvalue weighted by Crippen LogP contribution is -2.14. The van der Waals surface area contributed by atoms with E-state index in [0.29, 0.717) is 0 Å². The highest BCUT2D eigenvalue weighted by Crippen LogP contribution is 2.54. The fraction of sp³-hybridized carbons (Fsp3) is 0.125. The minimum atomic E-state index is -4.05. The first-order valence-electron chi connectivity index (χ1n) is 6.81. The average Bonchev–Trinajstić information content (AvgIpc) is 2.53. The van der Waals surface area contributed by atoms with Gasteiger partial charge in [0.2, 0.25) is 18.2 Å². The van der Waals surface area contributed by atoms with Crippen LogP contribution in [0.15, 0.2) is 36.4 Å². The average molecular weight is 424 g/mol. The summed E-state index contributed by atoms with van der Waals surface area (Å²) in [5, 5.41) is 0.108. The second-order valence-corrected chi connectivity index (χ2v) is 9.41. The third-order valence-corrected chi connectivity index (χ3v) is 7.36. The van der Waals surface area contributed by atoms with E-state index >= 15 is 0 Å². The number of hydrogen-bond acceptors (Lipinski definition) is 3. The summed E-state index contributed by atoms with van der Waals surface area (Å²) >= 11 is 24.0. The van der Waals surface area contributed by atoms with Crippen molar-refractivity contribution in [3.63, 3.8) is 0 Å². The topological polar surface area (TPSA) is 51.2 Å². The molecule has 0 unspecified atom stereocenters. The third kappa shape index (κ3) is 3.42. The lowest BCUT2D eigenvalue weighted by atomic mass is 10.2. The van der Waals surface area contributed by atoms with E-state index in [1.807, 2.05) is 0 Å². The van der Waals surface area contributed by atoms with Crippen LogP contribution in [0, 0.1) is 0 Å². The Morgan fingerprint density at radius 1 is 0.792 bits per heavy atom. The molecule has 2 aromatic rings. The van der Waals surface area contributed by atoms with E-state index in [0.717, 1.165) is 0 Å². The van der Waals surface area contributed by atoms with Gasteiger partial charge in [-0.1, -0.05) is 65.5 Å². The van der Waals surface area contributed by atoms with Gasteiger partial charge in [-0.05, 0) is 24.3 Å². The molecule has 24 heavy (non-hydrogen) atoms.